The van der Waals surface area contributed by atoms with Gasteiger partial charge in [-0.1, -0.05) is 30.3 Å². The normalized spacial score (nSPS) is 13.4. The van der Waals surface area contributed by atoms with Crippen molar-refractivity contribution in [2.24, 2.45) is 0 Å². The van der Waals surface area contributed by atoms with Gasteiger partial charge in [0.25, 0.3) is 0 Å². The summed E-state index contributed by atoms with van der Waals surface area (Å²) in [6, 6.07) is 15.8. The summed E-state index contributed by atoms with van der Waals surface area (Å²) < 4.78 is 0. The topological polar surface area (TPSA) is 36.4 Å². The van der Waals surface area contributed by atoms with E-state index in [-0.39, 0.29) is 5.75 Å². The molecule has 3 nitrogen and oxygen atoms in total. The summed E-state index contributed by atoms with van der Waals surface area (Å²) in [5.41, 5.74) is 4.23. The Labute approximate surface area is 127 Å². The lowest BCUT2D eigenvalue weighted by Gasteiger charge is -2.15. The van der Waals surface area contributed by atoms with Crippen LogP contribution in [0.3, 0.4) is 0 Å². The minimum atomic E-state index is 0.274. The Kier molecular flexibility index (Phi) is 2.89. The summed E-state index contributed by atoms with van der Waals surface area (Å²) in [5.74, 6) is 0.274. The van der Waals surface area contributed by atoms with E-state index in [1.807, 2.05) is 23.6 Å². The lowest BCUT2D eigenvalue weighted by molar-refractivity contribution is 0.477. The Hall–Kier alpha value is -2.33. The van der Waals surface area contributed by atoms with E-state index in [9.17, 15) is 5.11 Å². The second kappa shape index (κ2) is 4.90. The van der Waals surface area contributed by atoms with Gasteiger partial charge in [0.15, 0.2) is 5.13 Å². The van der Waals surface area contributed by atoms with E-state index in [2.05, 4.69) is 29.2 Å². The number of hydrogen-bond acceptors (Lipinski definition) is 4. The van der Waals surface area contributed by atoms with Gasteiger partial charge in [-0.2, -0.15) is 0 Å². The van der Waals surface area contributed by atoms with Gasteiger partial charge in [0.2, 0.25) is 0 Å². The van der Waals surface area contributed by atoms with Crippen molar-refractivity contribution in [1.29, 1.82) is 0 Å². The van der Waals surface area contributed by atoms with Crippen molar-refractivity contribution in [2.75, 3.05) is 11.4 Å². The number of benzene rings is 2. The first-order valence-electron chi connectivity index (χ1n) is 6.92. The minimum Gasteiger partial charge on any atom is -0.507 e. The highest BCUT2D eigenvalue weighted by Crippen LogP contribution is 2.38. The van der Waals surface area contributed by atoms with Crippen LogP contribution in [0, 0.1) is 0 Å². The third-order valence-electron chi connectivity index (χ3n) is 3.79. The molecule has 2 aromatic carbocycles. The van der Waals surface area contributed by atoms with Gasteiger partial charge in [-0.3, -0.25) is 0 Å². The Bertz CT molecular complexity index is 797. The van der Waals surface area contributed by atoms with Crippen molar-refractivity contribution in [2.45, 2.75) is 6.42 Å². The molecule has 0 fully saturated rings. The number of para-hydroxylation sites is 2. The molecular formula is C17H14N2OS. The molecule has 1 N–H and O–H groups in total. The summed E-state index contributed by atoms with van der Waals surface area (Å²) in [4.78, 5) is 6.96. The molecule has 1 aliphatic heterocycles. The molecule has 104 valence electrons. The molecule has 4 rings (SSSR count). The zero-order valence-electron chi connectivity index (χ0n) is 11.4. The van der Waals surface area contributed by atoms with E-state index in [1.54, 1.807) is 17.4 Å². The number of thiazole rings is 1. The number of rotatable bonds is 2. The molecule has 0 aliphatic carbocycles. The van der Waals surface area contributed by atoms with Crippen LogP contribution in [0.4, 0.5) is 10.8 Å². The summed E-state index contributed by atoms with van der Waals surface area (Å²) in [5, 5.41) is 12.9. The highest BCUT2D eigenvalue weighted by molar-refractivity contribution is 7.14. The predicted octanol–water partition coefficient (Wildman–Crippen LogP) is 4.21. The van der Waals surface area contributed by atoms with E-state index in [0.717, 1.165) is 29.4 Å². The SMILES string of the molecule is Oc1ccccc1-c1csc(N2CCc3ccccc32)n1. The molecule has 0 atom stereocenters. The van der Waals surface area contributed by atoms with Gasteiger partial charge in [0.1, 0.15) is 5.75 Å². The second-order valence-electron chi connectivity index (χ2n) is 5.06. The van der Waals surface area contributed by atoms with Gasteiger partial charge in [0.05, 0.1) is 5.69 Å². The molecule has 1 aliphatic rings. The smallest absolute Gasteiger partial charge is 0.190 e. The van der Waals surface area contributed by atoms with Gasteiger partial charge in [-0.25, -0.2) is 4.98 Å². The summed E-state index contributed by atoms with van der Waals surface area (Å²) in [7, 11) is 0. The van der Waals surface area contributed by atoms with Crippen molar-refractivity contribution >= 4 is 22.2 Å². The molecule has 0 spiro atoms. The average molecular weight is 294 g/mol. The molecule has 3 aromatic rings. The third kappa shape index (κ3) is 2.08. The Morgan fingerprint density at radius 1 is 1.05 bits per heavy atom. The zero-order valence-corrected chi connectivity index (χ0v) is 12.2. The number of anilines is 2. The van der Waals surface area contributed by atoms with Gasteiger partial charge in [-0.05, 0) is 30.2 Å². The number of nitrogens with zero attached hydrogens (tertiary/aromatic N) is 2. The standard InChI is InChI=1S/C17H14N2OS/c20-16-8-4-2-6-13(16)14-11-21-17(18-14)19-10-9-12-5-1-3-7-15(12)19/h1-8,11,20H,9-10H2. The maximum absolute atomic E-state index is 9.95. The van der Waals surface area contributed by atoms with Gasteiger partial charge < -0.3 is 10.0 Å². The number of aromatic hydroxyl groups is 1. The molecule has 2 heterocycles. The van der Waals surface area contributed by atoms with Gasteiger partial charge >= 0.3 is 0 Å². The van der Waals surface area contributed by atoms with Crippen molar-refractivity contribution in [3.8, 4) is 17.0 Å². The second-order valence-corrected chi connectivity index (χ2v) is 5.90. The monoisotopic (exact) mass is 294 g/mol. The van der Waals surface area contributed by atoms with E-state index >= 15 is 0 Å². The van der Waals surface area contributed by atoms with E-state index in [1.165, 1.54) is 11.3 Å². The van der Waals surface area contributed by atoms with Crippen LogP contribution in [-0.2, 0) is 6.42 Å². The average Bonchev–Trinajstić information content (AvgIpc) is 3.14. The van der Waals surface area contributed by atoms with Crippen LogP contribution in [0.2, 0.25) is 0 Å². The molecule has 0 unspecified atom stereocenters. The Balaban J connectivity index is 1.72. The van der Waals surface area contributed by atoms with Crippen LogP contribution in [0.25, 0.3) is 11.3 Å². The molecule has 0 amide bonds. The molecule has 21 heavy (non-hydrogen) atoms. The third-order valence-corrected chi connectivity index (χ3v) is 4.65. The Morgan fingerprint density at radius 2 is 1.86 bits per heavy atom. The van der Waals surface area contributed by atoms with Crippen molar-refractivity contribution in [3.63, 3.8) is 0 Å². The molecule has 0 radical (unpaired) electrons. The van der Waals surface area contributed by atoms with Crippen LogP contribution < -0.4 is 4.90 Å². The number of aromatic nitrogens is 1. The van der Waals surface area contributed by atoms with Crippen LogP contribution in [0.1, 0.15) is 5.56 Å². The minimum absolute atomic E-state index is 0.274. The van der Waals surface area contributed by atoms with Gasteiger partial charge in [0, 0.05) is 23.2 Å². The van der Waals surface area contributed by atoms with Crippen LogP contribution in [-0.4, -0.2) is 16.6 Å². The number of fused-ring (bicyclic) bond motifs is 1. The first-order valence-corrected chi connectivity index (χ1v) is 7.80. The highest BCUT2D eigenvalue weighted by atomic mass is 32.1. The molecule has 0 saturated carbocycles. The molecule has 4 heteroatoms. The van der Waals surface area contributed by atoms with Crippen LogP contribution >= 0.6 is 11.3 Å². The van der Waals surface area contributed by atoms with E-state index in [4.69, 9.17) is 4.98 Å². The largest absolute Gasteiger partial charge is 0.507 e. The van der Waals surface area contributed by atoms with Crippen LogP contribution in [0.15, 0.2) is 53.9 Å². The first kappa shape index (κ1) is 12.4. The number of hydrogen-bond donors (Lipinski definition) is 1. The predicted molar refractivity (Wildman–Crippen MR) is 86.4 cm³/mol. The quantitative estimate of drug-likeness (QED) is 0.769. The van der Waals surface area contributed by atoms with Crippen LogP contribution in [0.5, 0.6) is 5.75 Å². The fourth-order valence-electron chi connectivity index (χ4n) is 2.74. The van der Waals surface area contributed by atoms with Crippen molar-refractivity contribution in [1.82, 2.24) is 4.98 Å². The van der Waals surface area contributed by atoms with Gasteiger partial charge in [-0.15, -0.1) is 11.3 Å². The Morgan fingerprint density at radius 3 is 2.76 bits per heavy atom. The van der Waals surface area contributed by atoms with Crippen molar-refractivity contribution in [3.05, 3.63) is 59.5 Å². The number of phenols is 1. The fourth-order valence-corrected chi connectivity index (χ4v) is 3.60. The summed E-state index contributed by atoms with van der Waals surface area (Å²) in [6.45, 7) is 0.965. The summed E-state index contributed by atoms with van der Waals surface area (Å²) >= 11 is 1.62. The number of phenolic OH excluding ortho intramolecular Hbond substituents is 1. The zero-order chi connectivity index (χ0) is 14.2. The highest BCUT2D eigenvalue weighted by Gasteiger charge is 2.22. The molecule has 0 saturated heterocycles. The van der Waals surface area contributed by atoms with E-state index < -0.39 is 0 Å². The fraction of sp³-hybridized carbons (Fsp3) is 0.118. The molecular weight excluding hydrogens is 280 g/mol. The summed E-state index contributed by atoms with van der Waals surface area (Å²) in [6.07, 6.45) is 1.06. The maximum Gasteiger partial charge on any atom is 0.190 e. The molecule has 1 aromatic heterocycles. The maximum atomic E-state index is 9.95. The lowest BCUT2D eigenvalue weighted by atomic mass is 10.1. The molecule has 0 bridgehead atoms. The van der Waals surface area contributed by atoms with Crippen molar-refractivity contribution < 1.29 is 5.11 Å². The first-order chi connectivity index (χ1) is 10.3. The lowest BCUT2D eigenvalue weighted by Crippen LogP contribution is -2.12. The van der Waals surface area contributed by atoms with E-state index in [0.29, 0.717) is 0 Å².